The van der Waals surface area contributed by atoms with E-state index in [0.717, 1.165) is 36.8 Å². The molecule has 0 bridgehead atoms. The lowest BCUT2D eigenvalue weighted by atomic mass is 10.1. The summed E-state index contributed by atoms with van der Waals surface area (Å²) in [5.41, 5.74) is 2.28. The van der Waals surface area contributed by atoms with E-state index in [1.165, 1.54) is 5.56 Å². The highest BCUT2D eigenvalue weighted by Gasteiger charge is 2.17. The monoisotopic (exact) mass is 372 g/mol. The molecule has 146 valence electrons. The van der Waals surface area contributed by atoms with Crippen LogP contribution in [-0.4, -0.2) is 47.6 Å². The van der Waals surface area contributed by atoms with E-state index < -0.39 is 0 Å². The first-order valence-electron chi connectivity index (χ1n) is 9.23. The second kappa shape index (κ2) is 9.36. The van der Waals surface area contributed by atoms with E-state index in [2.05, 4.69) is 50.8 Å². The van der Waals surface area contributed by atoms with Crippen LogP contribution in [0.1, 0.15) is 23.4 Å². The van der Waals surface area contributed by atoms with Crippen LogP contribution < -0.4 is 15.4 Å². The van der Waals surface area contributed by atoms with Gasteiger partial charge in [0.1, 0.15) is 17.9 Å². The van der Waals surface area contributed by atoms with Gasteiger partial charge in [-0.3, -0.25) is 9.67 Å². The zero-order valence-corrected chi connectivity index (χ0v) is 16.2. The summed E-state index contributed by atoms with van der Waals surface area (Å²) in [6.45, 7) is 5.56. The normalized spacial score (nSPS) is 17.1. The number of hydrogen-bond donors (Lipinski definition) is 2. The molecule has 1 aliphatic rings. The van der Waals surface area contributed by atoms with E-state index in [0.29, 0.717) is 31.6 Å². The lowest BCUT2D eigenvalue weighted by molar-refractivity contribution is 0.166. The van der Waals surface area contributed by atoms with Crippen molar-refractivity contribution in [1.82, 2.24) is 25.4 Å². The first-order valence-corrected chi connectivity index (χ1v) is 9.23. The lowest BCUT2D eigenvalue weighted by Gasteiger charge is -2.17. The van der Waals surface area contributed by atoms with Crippen molar-refractivity contribution in [2.24, 2.45) is 18.0 Å². The number of aryl methyl sites for hydroxylation is 2. The van der Waals surface area contributed by atoms with Gasteiger partial charge in [-0.2, -0.15) is 5.10 Å². The molecule has 2 N–H and O–H groups in total. The Labute approximate surface area is 160 Å². The van der Waals surface area contributed by atoms with Crippen molar-refractivity contribution >= 4 is 5.96 Å². The number of rotatable bonds is 7. The third-order valence-electron chi connectivity index (χ3n) is 4.61. The highest BCUT2D eigenvalue weighted by Crippen LogP contribution is 2.22. The van der Waals surface area contributed by atoms with Gasteiger partial charge in [0.2, 0.25) is 0 Å². The molecular weight excluding hydrogens is 344 g/mol. The Morgan fingerprint density at radius 2 is 2.22 bits per heavy atom. The zero-order chi connectivity index (χ0) is 19.1. The van der Waals surface area contributed by atoms with Crippen molar-refractivity contribution in [3.8, 4) is 5.75 Å². The molecule has 1 aliphatic heterocycles. The number of ether oxygens (including phenoxy) is 2. The fourth-order valence-corrected chi connectivity index (χ4v) is 2.91. The average Bonchev–Trinajstić information content (AvgIpc) is 3.33. The lowest BCUT2D eigenvalue weighted by Crippen LogP contribution is -2.37. The summed E-state index contributed by atoms with van der Waals surface area (Å²) in [7, 11) is 3.62. The molecule has 1 aromatic carbocycles. The number of guanidine groups is 1. The number of benzene rings is 1. The maximum atomic E-state index is 6.10. The Morgan fingerprint density at radius 3 is 2.93 bits per heavy atom. The summed E-state index contributed by atoms with van der Waals surface area (Å²) in [5.74, 6) is 2.94. The van der Waals surface area contributed by atoms with Crippen molar-refractivity contribution < 1.29 is 9.47 Å². The molecule has 1 atom stereocenters. The fraction of sp³-hybridized carbons (Fsp3) is 0.526. The highest BCUT2D eigenvalue weighted by molar-refractivity contribution is 5.79. The molecule has 0 amide bonds. The molecule has 1 fully saturated rings. The van der Waals surface area contributed by atoms with Crippen molar-refractivity contribution in [2.45, 2.75) is 26.4 Å². The SMILES string of the molecule is CN=C(NCc1ccc(C)cc1OCC1CCOC1)NCc1ncnn1C. The van der Waals surface area contributed by atoms with Crippen molar-refractivity contribution in [3.05, 3.63) is 41.5 Å². The van der Waals surface area contributed by atoms with Gasteiger partial charge in [0.05, 0.1) is 19.8 Å². The number of nitrogens with one attached hydrogen (secondary N) is 2. The van der Waals surface area contributed by atoms with Crippen LogP contribution in [0.3, 0.4) is 0 Å². The number of hydrogen-bond acceptors (Lipinski definition) is 5. The summed E-state index contributed by atoms with van der Waals surface area (Å²) >= 11 is 0. The summed E-state index contributed by atoms with van der Waals surface area (Å²) in [4.78, 5) is 8.47. The number of aromatic nitrogens is 3. The van der Waals surface area contributed by atoms with E-state index in [4.69, 9.17) is 9.47 Å². The van der Waals surface area contributed by atoms with Crippen LogP contribution in [0, 0.1) is 12.8 Å². The molecule has 2 heterocycles. The number of nitrogens with zero attached hydrogens (tertiary/aromatic N) is 4. The standard InChI is InChI=1S/C19H28N6O2/c1-14-4-5-16(17(8-14)27-12-15-6-7-26-11-15)9-21-19(20-2)22-10-18-23-13-24-25(18)3/h4-5,8,13,15H,6-7,9-12H2,1-3H3,(H2,20,21,22). The van der Waals surface area contributed by atoms with Crippen LogP contribution in [-0.2, 0) is 24.9 Å². The van der Waals surface area contributed by atoms with Crippen molar-refractivity contribution in [3.63, 3.8) is 0 Å². The van der Waals surface area contributed by atoms with Gasteiger partial charge in [0, 0.05) is 38.7 Å². The quantitative estimate of drug-likeness (QED) is 0.565. The first-order chi connectivity index (χ1) is 13.2. The van der Waals surface area contributed by atoms with Crippen LogP contribution in [0.2, 0.25) is 0 Å². The summed E-state index contributed by atoms with van der Waals surface area (Å²) < 4.78 is 13.3. The molecule has 0 saturated carbocycles. The molecule has 8 heteroatoms. The maximum absolute atomic E-state index is 6.10. The molecule has 2 aromatic rings. The Kier molecular flexibility index (Phi) is 6.64. The predicted molar refractivity (Wildman–Crippen MR) is 104 cm³/mol. The van der Waals surface area contributed by atoms with Gasteiger partial charge in [-0.25, -0.2) is 4.98 Å². The molecule has 0 aliphatic carbocycles. The molecule has 0 radical (unpaired) electrons. The highest BCUT2D eigenvalue weighted by atomic mass is 16.5. The third kappa shape index (κ3) is 5.43. The van der Waals surface area contributed by atoms with E-state index in [1.54, 1.807) is 18.1 Å². The summed E-state index contributed by atoms with van der Waals surface area (Å²) in [5, 5.41) is 10.6. The second-order valence-corrected chi connectivity index (χ2v) is 6.73. The van der Waals surface area contributed by atoms with Crippen LogP contribution in [0.15, 0.2) is 29.5 Å². The molecule has 1 saturated heterocycles. The van der Waals surface area contributed by atoms with Crippen LogP contribution >= 0.6 is 0 Å². The third-order valence-corrected chi connectivity index (χ3v) is 4.61. The minimum Gasteiger partial charge on any atom is -0.493 e. The fourth-order valence-electron chi connectivity index (χ4n) is 2.91. The van der Waals surface area contributed by atoms with E-state index in [-0.39, 0.29) is 0 Å². The van der Waals surface area contributed by atoms with Gasteiger partial charge < -0.3 is 20.1 Å². The van der Waals surface area contributed by atoms with Gasteiger partial charge >= 0.3 is 0 Å². The van der Waals surface area contributed by atoms with Gasteiger partial charge in [-0.1, -0.05) is 12.1 Å². The Hall–Kier alpha value is -2.61. The van der Waals surface area contributed by atoms with E-state index in [9.17, 15) is 0 Å². The predicted octanol–water partition coefficient (Wildman–Crippen LogP) is 1.40. The molecule has 8 nitrogen and oxygen atoms in total. The first kappa shape index (κ1) is 19.2. The molecule has 3 rings (SSSR count). The zero-order valence-electron chi connectivity index (χ0n) is 16.2. The number of aliphatic imine (C=N–C) groups is 1. The Balaban J connectivity index is 1.56. The molecule has 1 aromatic heterocycles. The minimum atomic E-state index is 0.479. The largest absolute Gasteiger partial charge is 0.493 e. The molecule has 0 spiro atoms. The van der Waals surface area contributed by atoms with E-state index >= 15 is 0 Å². The van der Waals surface area contributed by atoms with Gasteiger partial charge in [0.15, 0.2) is 5.96 Å². The second-order valence-electron chi connectivity index (χ2n) is 6.73. The molecular formula is C19H28N6O2. The summed E-state index contributed by atoms with van der Waals surface area (Å²) in [6.07, 6.45) is 2.61. The van der Waals surface area contributed by atoms with Crippen LogP contribution in [0.25, 0.3) is 0 Å². The average molecular weight is 372 g/mol. The topological polar surface area (TPSA) is 85.6 Å². The van der Waals surface area contributed by atoms with Crippen molar-refractivity contribution in [2.75, 3.05) is 26.9 Å². The molecule has 27 heavy (non-hydrogen) atoms. The summed E-state index contributed by atoms with van der Waals surface area (Å²) in [6, 6.07) is 6.28. The Morgan fingerprint density at radius 1 is 1.37 bits per heavy atom. The van der Waals surface area contributed by atoms with Gasteiger partial charge in [-0.05, 0) is 25.0 Å². The minimum absolute atomic E-state index is 0.479. The van der Waals surface area contributed by atoms with Gasteiger partial charge in [0.25, 0.3) is 0 Å². The molecule has 1 unspecified atom stereocenters. The van der Waals surface area contributed by atoms with Crippen LogP contribution in [0.5, 0.6) is 5.75 Å². The van der Waals surface area contributed by atoms with E-state index in [1.807, 2.05) is 7.05 Å². The van der Waals surface area contributed by atoms with Crippen LogP contribution in [0.4, 0.5) is 0 Å². The Bertz CT molecular complexity index is 767. The van der Waals surface area contributed by atoms with Gasteiger partial charge in [-0.15, -0.1) is 0 Å². The maximum Gasteiger partial charge on any atom is 0.191 e. The van der Waals surface area contributed by atoms with Crippen molar-refractivity contribution in [1.29, 1.82) is 0 Å². The smallest absolute Gasteiger partial charge is 0.191 e.